The zero-order valence-corrected chi connectivity index (χ0v) is 11.7. The number of rotatable bonds is 4. The molecule has 6 nitrogen and oxygen atoms in total. The molecule has 0 bridgehead atoms. The van der Waals surface area contributed by atoms with Crippen LogP contribution in [0.4, 0.5) is 0 Å². The Morgan fingerprint density at radius 3 is 2.85 bits per heavy atom. The van der Waals surface area contributed by atoms with Crippen molar-refractivity contribution in [2.45, 2.75) is 25.7 Å². The highest BCUT2D eigenvalue weighted by Crippen LogP contribution is 2.22. The van der Waals surface area contributed by atoms with Crippen molar-refractivity contribution in [2.75, 3.05) is 13.1 Å². The number of piperidine rings is 1. The number of carbonyl (C=O) groups excluding carboxylic acids is 1. The zero-order valence-electron chi connectivity index (χ0n) is 11.0. The van der Waals surface area contributed by atoms with Crippen molar-refractivity contribution in [3.63, 3.8) is 0 Å². The number of nitrogens with zero attached hydrogens (tertiary/aromatic N) is 3. The van der Waals surface area contributed by atoms with E-state index >= 15 is 0 Å². The molecule has 1 aliphatic heterocycles. The molecule has 0 aliphatic carbocycles. The van der Waals surface area contributed by atoms with E-state index in [9.17, 15) is 9.59 Å². The Labute approximate surface area is 121 Å². The van der Waals surface area contributed by atoms with Crippen LogP contribution in [0.3, 0.4) is 0 Å². The monoisotopic (exact) mass is 297 g/mol. The van der Waals surface area contributed by atoms with Gasteiger partial charge in [0.05, 0.1) is 0 Å². The highest BCUT2D eigenvalue weighted by molar-refractivity contribution is 6.29. The van der Waals surface area contributed by atoms with E-state index in [2.05, 4.69) is 10.2 Å². The first-order chi connectivity index (χ1) is 9.56. The Morgan fingerprint density at radius 2 is 2.20 bits per heavy atom. The number of carboxylic acids is 1. The number of hydrogen-bond donors (Lipinski definition) is 1. The predicted molar refractivity (Wildman–Crippen MR) is 72.5 cm³/mol. The third-order valence-electron chi connectivity index (χ3n) is 3.42. The average molecular weight is 298 g/mol. The number of halogens is 1. The highest BCUT2D eigenvalue weighted by Gasteiger charge is 2.25. The number of aliphatic carboxylic acids is 1. The molecule has 20 heavy (non-hydrogen) atoms. The van der Waals surface area contributed by atoms with E-state index in [4.69, 9.17) is 16.7 Å². The minimum atomic E-state index is -0.794. The van der Waals surface area contributed by atoms with Crippen molar-refractivity contribution in [3.8, 4) is 0 Å². The van der Waals surface area contributed by atoms with Crippen molar-refractivity contribution in [2.24, 2.45) is 5.92 Å². The summed E-state index contributed by atoms with van der Waals surface area (Å²) in [5.41, 5.74) is 0.272. The van der Waals surface area contributed by atoms with Crippen LogP contribution >= 0.6 is 11.6 Å². The number of carbonyl (C=O) groups is 2. The summed E-state index contributed by atoms with van der Waals surface area (Å²) in [6.07, 6.45) is 2.60. The van der Waals surface area contributed by atoms with Gasteiger partial charge in [0.15, 0.2) is 10.8 Å². The van der Waals surface area contributed by atoms with Crippen molar-refractivity contribution in [3.05, 3.63) is 23.0 Å². The van der Waals surface area contributed by atoms with Crippen molar-refractivity contribution in [1.29, 1.82) is 0 Å². The van der Waals surface area contributed by atoms with E-state index in [1.54, 1.807) is 11.0 Å². The van der Waals surface area contributed by atoms with Crippen LogP contribution < -0.4 is 0 Å². The molecule has 2 rings (SSSR count). The van der Waals surface area contributed by atoms with E-state index < -0.39 is 5.97 Å². The lowest BCUT2D eigenvalue weighted by Crippen LogP contribution is -2.40. The molecule has 1 saturated heterocycles. The number of aromatic nitrogens is 2. The van der Waals surface area contributed by atoms with Gasteiger partial charge in [0.25, 0.3) is 5.91 Å². The summed E-state index contributed by atoms with van der Waals surface area (Å²) in [7, 11) is 0. The molecule has 0 radical (unpaired) electrons. The molecule has 1 fully saturated rings. The van der Waals surface area contributed by atoms with Crippen LogP contribution in [0.1, 0.15) is 36.2 Å². The van der Waals surface area contributed by atoms with Gasteiger partial charge < -0.3 is 10.0 Å². The van der Waals surface area contributed by atoms with Gasteiger partial charge in [-0.15, -0.1) is 10.2 Å². The Kier molecular flexibility index (Phi) is 4.89. The van der Waals surface area contributed by atoms with E-state index in [0.29, 0.717) is 19.5 Å². The Morgan fingerprint density at radius 1 is 1.40 bits per heavy atom. The highest BCUT2D eigenvalue weighted by atomic mass is 35.5. The second kappa shape index (κ2) is 6.65. The van der Waals surface area contributed by atoms with Crippen LogP contribution in [0.2, 0.25) is 5.15 Å². The number of amides is 1. The molecule has 1 N–H and O–H groups in total. The van der Waals surface area contributed by atoms with Gasteiger partial charge >= 0.3 is 5.97 Å². The van der Waals surface area contributed by atoms with Crippen molar-refractivity contribution >= 4 is 23.5 Å². The van der Waals surface area contributed by atoms with Crippen LogP contribution in [0.25, 0.3) is 0 Å². The molecular formula is C13H16ClN3O3. The molecule has 108 valence electrons. The summed E-state index contributed by atoms with van der Waals surface area (Å²) >= 11 is 5.64. The van der Waals surface area contributed by atoms with Gasteiger partial charge in [-0.2, -0.15) is 0 Å². The SMILES string of the molecule is O=C(O)CCC1CCCN(C(=O)c2ccc(Cl)nn2)C1. The summed E-state index contributed by atoms with van der Waals surface area (Å²) in [6, 6.07) is 3.09. The molecule has 1 aromatic rings. The Hall–Kier alpha value is -1.69. The average Bonchev–Trinajstić information content (AvgIpc) is 2.45. The van der Waals surface area contributed by atoms with Gasteiger partial charge in [0, 0.05) is 19.5 Å². The van der Waals surface area contributed by atoms with Gasteiger partial charge in [0.2, 0.25) is 0 Å². The fourth-order valence-corrected chi connectivity index (χ4v) is 2.51. The standard InChI is InChI=1S/C13H16ClN3O3/c14-11-5-4-10(15-16-11)13(20)17-7-1-2-9(8-17)3-6-12(18)19/h4-5,9H,1-3,6-8H2,(H,18,19). The molecule has 1 amide bonds. The molecule has 1 unspecified atom stereocenters. The fourth-order valence-electron chi connectivity index (χ4n) is 2.40. The number of carboxylic acid groups (broad SMARTS) is 1. The molecule has 0 aromatic carbocycles. The lowest BCUT2D eigenvalue weighted by atomic mass is 9.93. The van der Waals surface area contributed by atoms with Gasteiger partial charge in [-0.05, 0) is 37.3 Å². The lowest BCUT2D eigenvalue weighted by molar-refractivity contribution is -0.137. The first-order valence-electron chi connectivity index (χ1n) is 6.56. The minimum Gasteiger partial charge on any atom is -0.481 e. The number of hydrogen-bond acceptors (Lipinski definition) is 4. The van der Waals surface area contributed by atoms with Gasteiger partial charge in [0.1, 0.15) is 0 Å². The Balaban J connectivity index is 1.96. The van der Waals surface area contributed by atoms with Crippen LogP contribution in [-0.2, 0) is 4.79 Å². The molecule has 0 saturated carbocycles. The summed E-state index contributed by atoms with van der Waals surface area (Å²) in [4.78, 5) is 24.6. The first kappa shape index (κ1) is 14.7. The molecule has 1 atom stereocenters. The van der Waals surface area contributed by atoms with E-state index in [-0.39, 0.29) is 29.1 Å². The summed E-state index contributed by atoms with van der Waals surface area (Å²) in [5.74, 6) is -0.727. The minimum absolute atomic E-state index is 0.146. The molecule has 0 spiro atoms. The maximum absolute atomic E-state index is 12.3. The van der Waals surface area contributed by atoms with E-state index in [0.717, 1.165) is 12.8 Å². The molecule has 1 aliphatic rings. The fraction of sp³-hybridized carbons (Fsp3) is 0.538. The van der Waals surface area contributed by atoms with Crippen LogP contribution in [-0.4, -0.2) is 45.2 Å². The van der Waals surface area contributed by atoms with E-state index in [1.165, 1.54) is 6.07 Å². The largest absolute Gasteiger partial charge is 0.481 e. The molecule has 2 heterocycles. The van der Waals surface area contributed by atoms with E-state index in [1.807, 2.05) is 0 Å². The van der Waals surface area contributed by atoms with Crippen molar-refractivity contribution < 1.29 is 14.7 Å². The Bertz CT molecular complexity index is 492. The zero-order chi connectivity index (χ0) is 14.5. The van der Waals surface area contributed by atoms with Crippen LogP contribution in [0, 0.1) is 5.92 Å². The van der Waals surface area contributed by atoms with Crippen molar-refractivity contribution in [1.82, 2.24) is 15.1 Å². The summed E-state index contributed by atoms with van der Waals surface area (Å²) < 4.78 is 0. The maximum Gasteiger partial charge on any atom is 0.303 e. The van der Waals surface area contributed by atoms with Crippen LogP contribution in [0.15, 0.2) is 12.1 Å². The molecular weight excluding hydrogens is 282 g/mol. The lowest BCUT2D eigenvalue weighted by Gasteiger charge is -2.32. The molecule has 1 aromatic heterocycles. The first-order valence-corrected chi connectivity index (χ1v) is 6.94. The smallest absolute Gasteiger partial charge is 0.303 e. The summed E-state index contributed by atoms with van der Waals surface area (Å²) in [5, 5.41) is 16.4. The number of likely N-dealkylation sites (tertiary alicyclic amines) is 1. The summed E-state index contributed by atoms with van der Waals surface area (Å²) in [6.45, 7) is 1.25. The third kappa shape index (κ3) is 3.90. The van der Waals surface area contributed by atoms with Gasteiger partial charge in [-0.1, -0.05) is 11.6 Å². The van der Waals surface area contributed by atoms with Gasteiger partial charge in [-0.25, -0.2) is 0 Å². The third-order valence-corrected chi connectivity index (χ3v) is 3.63. The van der Waals surface area contributed by atoms with Crippen LogP contribution in [0.5, 0.6) is 0 Å². The molecule has 7 heteroatoms. The second-order valence-corrected chi connectivity index (χ2v) is 5.32. The topological polar surface area (TPSA) is 83.4 Å². The maximum atomic E-state index is 12.3. The second-order valence-electron chi connectivity index (χ2n) is 4.93. The normalized spacial score (nSPS) is 18.9. The van der Waals surface area contributed by atoms with Gasteiger partial charge in [-0.3, -0.25) is 9.59 Å². The quantitative estimate of drug-likeness (QED) is 0.917. The predicted octanol–water partition coefficient (Wildman–Crippen LogP) is 1.85.